The first-order valence-electron chi connectivity index (χ1n) is 5.58. The van der Waals surface area contributed by atoms with Crippen molar-refractivity contribution in [3.63, 3.8) is 0 Å². The Morgan fingerprint density at radius 1 is 1.37 bits per heavy atom. The third kappa shape index (κ3) is 5.96. The van der Waals surface area contributed by atoms with E-state index < -0.39 is 6.36 Å². The largest absolute Gasteiger partial charge is 0.573 e. The van der Waals surface area contributed by atoms with E-state index in [0.717, 1.165) is 0 Å². The van der Waals surface area contributed by atoms with Gasteiger partial charge in [0.2, 0.25) is 5.91 Å². The second-order valence-corrected chi connectivity index (χ2v) is 4.89. The molecule has 0 saturated carbocycles. The summed E-state index contributed by atoms with van der Waals surface area (Å²) < 4.78 is 39.6. The number of alkyl halides is 4. The Bertz CT molecular complexity index is 420. The van der Waals surface area contributed by atoms with Crippen LogP contribution < -0.4 is 10.1 Å². The fourth-order valence-electron chi connectivity index (χ4n) is 1.29. The van der Waals surface area contributed by atoms with Gasteiger partial charge in [-0.15, -0.1) is 13.2 Å². The summed E-state index contributed by atoms with van der Waals surface area (Å²) in [5, 5.41) is 2.67. The van der Waals surface area contributed by atoms with Gasteiger partial charge >= 0.3 is 6.36 Å². The van der Waals surface area contributed by atoms with Crippen molar-refractivity contribution in [1.29, 1.82) is 0 Å². The standard InChI is InChI=1S/C12H13BrF3NO2/c1-2-10(13)11(18)17-7-8-3-5-9(6-4-8)19-12(14,15)16/h3-6,10H,2,7H2,1H3,(H,17,18). The van der Waals surface area contributed by atoms with Crippen molar-refractivity contribution in [2.45, 2.75) is 31.1 Å². The number of hydrogen-bond acceptors (Lipinski definition) is 2. The zero-order valence-electron chi connectivity index (χ0n) is 10.1. The number of hydrogen-bond donors (Lipinski definition) is 1. The third-order valence-corrected chi connectivity index (χ3v) is 3.33. The first-order valence-corrected chi connectivity index (χ1v) is 6.50. The van der Waals surface area contributed by atoms with E-state index in [9.17, 15) is 18.0 Å². The molecule has 0 aliphatic rings. The lowest BCUT2D eigenvalue weighted by Gasteiger charge is -2.11. The smallest absolute Gasteiger partial charge is 0.406 e. The molecular weight excluding hydrogens is 327 g/mol. The van der Waals surface area contributed by atoms with E-state index in [2.05, 4.69) is 26.0 Å². The summed E-state index contributed by atoms with van der Waals surface area (Å²) in [4.78, 5) is 11.2. The highest BCUT2D eigenvalue weighted by Crippen LogP contribution is 2.22. The molecule has 0 aliphatic heterocycles. The van der Waals surface area contributed by atoms with Crippen LogP contribution in [0.3, 0.4) is 0 Å². The van der Waals surface area contributed by atoms with Crippen LogP contribution in [-0.4, -0.2) is 17.1 Å². The van der Waals surface area contributed by atoms with Crippen molar-refractivity contribution < 1.29 is 22.7 Å². The van der Waals surface area contributed by atoms with Gasteiger partial charge in [-0.05, 0) is 24.1 Å². The van der Waals surface area contributed by atoms with Gasteiger partial charge < -0.3 is 10.1 Å². The molecule has 1 rings (SSSR count). The fraction of sp³-hybridized carbons (Fsp3) is 0.417. The van der Waals surface area contributed by atoms with E-state index in [0.29, 0.717) is 12.0 Å². The highest BCUT2D eigenvalue weighted by atomic mass is 79.9. The molecule has 0 spiro atoms. The lowest BCUT2D eigenvalue weighted by atomic mass is 10.2. The maximum Gasteiger partial charge on any atom is 0.573 e. The number of carbonyl (C=O) groups is 1. The molecular formula is C12H13BrF3NO2. The van der Waals surface area contributed by atoms with Gasteiger partial charge in [0.05, 0.1) is 4.83 Å². The van der Waals surface area contributed by atoms with Gasteiger partial charge in [-0.2, -0.15) is 0 Å². The summed E-state index contributed by atoms with van der Waals surface area (Å²) in [5.41, 5.74) is 0.693. The lowest BCUT2D eigenvalue weighted by molar-refractivity contribution is -0.274. The summed E-state index contributed by atoms with van der Waals surface area (Å²) in [6, 6.07) is 5.36. The minimum Gasteiger partial charge on any atom is -0.406 e. The molecule has 0 fully saturated rings. The molecule has 7 heteroatoms. The average Bonchev–Trinajstić information content (AvgIpc) is 2.34. The molecule has 1 aromatic carbocycles. The van der Waals surface area contributed by atoms with E-state index in [4.69, 9.17) is 0 Å². The molecule has 1 unspecified atom stereocenters. The van der Waals surface area contributed by atoms with E-state index in [1.165, 1.54) is 24.3 Å². The van der Waals surface area contributed by atoms with Gasteiger partial charge in [-0.3, -0.25) is 4.79 Å². The quantitative estimate of drug-likeness (QED) is 0.835. The minimum atomic E-state index is -4.69. The zero-order chi connectivity index (χ0) is 14.5. The molecule has 3 nitrogen and oxygen atoms in total. The van der Waals surface area contributed by atoms with E-state index in [1.807, 2.05) is 6.92 Å². The van der Waals surface area contributed by atoms with Crippen LogP contribution in [-0.2, 0) is 11.3 Å². The van der Waals surface area contributed by atoms with Gasteiger partial charge in [0.1, 0.15) is 5.75 Å². The molecule has 0 radical (unpaired) electrons. The van der Waals surface area contributed by atoms with Gasteiger partial charge in [0.25, 0.3) is 0 Å². The van der Waals surface area contributed by atoms with E-state index in [1.54, 1.807) is 0 Å². The number of ether oxygens (including phenoxy) is 1. The van der Waals surface area contributed by atoms with Crippen molar-refractivity contribution in [3.8, 4) is 5.75 Å². The van der Waals surface area contributed by atoms with Crippen molar-refractivity contribution in [3.05, 3.63) is 29.8 Å². The molecule has 0 bridgehead atoms. The highest BCUT2D eigenvalue weighted by molar-refractivity contribution is 9.10. The van der Waals surface area contributed by atoms with Crippen LogP contribution in [0, 0.1) is 0 Å². The number of benzene rings is 1. The van der Waals surface area contributed by atoms with Crippen LogP contribution >= 0.6 is 15.9 Å². The Hall–Kier alpha value is -1.24. The number of amides is 1. The molecule has 0 heterocycles. The topological polar surface area (TPSA) is 38.3 Å². The summed E-state index contributed by atoms with van der Waals surface area (Å²) in [7, 11) is 0. The summed E-state index contributed by atoms with van der Waals surface area (Å²) >= 11 is 3.20. The zero-order valence-corrected chi connectivity index (χ0v) is 11.7. The SMILES string of the molecule is CCC(Br)C(=O)NCc1ccc(OC(F)(F)F)cc1. The van der Waals surface area contributed by atoms with Crippen LogP contribution in [0.15, 0.2) is 24.3 Å². The molecule has 1 N–H and O–H groups in total. The Kier molecular flexibility index (Phi) is 5.65. The molecule has 19 heavy (non-hydrogen) atoms. The lowest BCUT2D eigenvalue weighted by Crippen LogP contribution is -2.30. The van der Waals surface area contributed by atoms with Crippen LogP contribution in [0.1, 0.15) is 18.9 Å². The summed E-state index contributed by atoms with van der Waals surface area (Å²) in [6.07, 6.45) is -4.04. The van der Waals surface area contributed by atoms with Crippen LogP contribution in [0.2, 0.25) is 0 Å². The molecule has 1 atom stereocenters. The van der Waals surface area contributed by atoms with Crippen molar-refractivity contribution in [2.75, 3.05) is 0 Å². The van der Waals surface area contributed by atoms with E-state index >= 15 is 0 Å². The highest BCUT2D eigenvalue weighted by Gasteiger charge is 2.30. The molecule has 0 aliphatic carbocycles. The van der Waals surface area contributed by atoms with Crippen molar-refractivity contribution >= 4 is 21.8 Å². The van der Waals surface area contributed by atoms with Crippen LogP contribution in [0.4, 0.5) is 13.2 Å². The molecule has 1 aromatic rings. The fourth-order valence-corrected chi connectivity index (χ4v) is 1.46. The van der Waals surface area contributed by atoms with Crippen molar-refractivity contribution in [2.24, 2.45) is 0 Å². The second kappa shape index (κ2) is 6.79. The molecule has 0 saturated heterocycles. The van der Waals surface area contributed by atoms with E-state index in [-0.39, 0.29) is 23.0 Å². The number of rotatable bonds is 5. The summed E-state index contributed by atoms with van der Waals surface area (Å²) in [6.45, 7) is 2.12. The first-order chi connectivity index (χ1) is 8.81. The molecule has 106 valence electrons. The maximum absolute atomic E-state index is 11.9. The Morgan fingerprint density at radius 2 is 1.95 bits per heavy atom. The Balaban J connectivity index is 2.51. The predicted octanol–water partition coefficient (Wildman–Crippen LogP) is 3.37. The van der Waals surface area contributed by atoms with Crippen LogP contribution in [0.5, 0.6) is 5.75 Å². The maximum atomic E-state index is 11.9. The van der Waals surface area contributed by atoms with Gasteiger partial charge in [0, 0.05) is 6.54 Å². The van der Waals surface area contributed by atoms with Gasteiger partial charge in [0.15, 0.2) is 0 Å². The summed E-state index contributed by atoms with van der Waals surface area (Å²) in [5.74, 6) is -0.437. The predicted molar refractivity (Wildman–Crippen MR) is 68.0 cm³/mol. The normalized spacial score (nSPS) is 12.9. The minimum absolute atomic E-state index is 0.155. The first kappa shape index (κ1) is 15.8. The van der Waals surface area contributed by atoms with Gasteiger partial charge in [-0.25, -0.2) is 0 Å². The monoisotopic (exact) mass is 339 g/mol. The molecule has 1 amide bonds. The number of carbonyl (C=O) groups excluding carboxylic acids is 1. The second-order valence-electron chi connectivity index (χ2n) is 3.79. The van der Waals surface area contributed by atoms with Gasteiger partial charge in [-0.1, -0.05) is 35.0 Å². The Labute approximate surface area is 117 Å². The third-order valence-electron chi connectivity index (χ3n) is 2.27. The Morgan fingerprint density at radius 3 is 2.42 bits per heavy atom. The number of halogens is 4. The van der Waals surface area contributed by atoms with Crippen LogP contribution in [0.25, 0.3) is 0 Å². The van der Waals surface area contributed by atoms with Crippen molar-refractivity contribution in [1.82, 2.24) is 5.32 Å². The number of nitrogens with one attached hydrogen (secondary N) is 1. The molecule has 0 aromatic heterocycles. The average molecular weight is 340 g/mol.